The summed E-state index contributed by atoms with van der Waals surface area (Å²) < 4.78 is 8.59. The molecule has 45 heavy (non-hydrogen) atoms. The fourth-order valence-corrected chi connectivity index (χ4v) is 7.57. The van der Waals surface area contributed by atoms with Crippen LogP contribution in [0, 0.1) is 0 Å². The first-order valence-corrected chi connectivity index (χ1v) is 16.3. The summed E-state index contributed by atoms with van der Waals surface area (Å²) in [6.07, 6.45) is 7.15. The highest BCUT2D eigenvalue weighted by Crippen LogP contribution is 2.39. The van der Waals surface area contributed by atoms with E-state index in [1.54, 1.807) is 6.07 Å². The summed E-state index contributed by atoms with van der Waals surface area (Å²) in [5.41, 5.74) is 5.64. The molecular formula is C35H33Cl2N3O4S. The molecule has 1 aliphatic heterocycles. The number of halogens is 2. The van der Waals surface area contributed by atoms with Crippen molar-refractivity contribution in [3.8, 4) is 28.3 Å². The first-order valence-electron chi connectivity index (χ1n) is 15.1. The monoisotopic (exact) mass is 661 g/mol. The van der Waals surface area contributed by atoms with E-state index >= 15 is 0 Å². The third-order valence-electron chi connectivity index (χ3n) is 8.65. The Hall–Kier alpha value is -3.85. The molecule has 232 valence electrons. The maximum atomic E-state index is 12.5. The number of carbonyl (C=O) groups excluding carboxylic acids is 1. The van der Waals surface area contributed by atoms with Crippen LogP contribution < -0.4 is 9.64 Å². The lowest BCUT2D eigenvalue weighted by Crippen LogP contribution is -2.23. The third-order valence-corrected chi connectivity index (χ3v) is 10.0. The van der Waals surface area contributed by atoms with E-state index in [4.69, 9.17) is 21.3 Å². The second kappa shape index (κ2) is 13.3. The van der Waals surface area contributed by atoms with Gasteiger partial charge in [-0.05, 0) is 90.6 Å². The van der Waals surface area contributed by atoms with E-state index in [9.17, 15) is 14.7 Å². The number of carboxylic acids is 1. The second-order valence-corrected chi connectivity index (χ2v) is 13.0. The summed E-state index contributed by atoms with van der Waals surface area (Å²) in [7, 11) is 0. The van der Waals surface area contributed by atoms with Gasteiger partial charge in [0.2, 0.25) is 5.91 Å². The van der Waals surface area contributed by atoms with Gasteiger partial charge >= 0.3 is 5.97 Å². The highest BCUT2D eigenvalue weighted by atomic mass is 35.5. The van der Waals surface area contributed by atoms with Gasteiger partial charge in [0.1, 0.15) is 33.4 Å². The standard InChI is InChI=1S/C35H32ClN3O4S.ClH/c36-25-12-8-22(9-13-25)29-17-14-27(38-18-4-7-32(38)40)19-24(29)21-43-28-15-10-23(11-16-28)33-37-30-20-31(35(41)42)44-34(30)39(33)26-5-2-1-3-6-26;/h8-17,19-20,26H,1-7,18,21H2,(H,41,42);1H. The summed E-state index contributed by atoms with van der Waals surface area (Å²) in [5.74, 6) is 0.833. The number of thiophene rings is 1. The smallest absolute Gasteiger partial charge is 0.346 e. The Balaban J connectivity index is 0.00000357. The lowest BCUT2D eigenvalue weighted by molar-refractivity contribution is -0.117. The molecule has 1 aliphatic carbocycles. The van der Waals surface area contributed by atoms with Gasteiger partial charge in [-0.3, -0.25) is 4.79 Å². The van der Waals surface area contributed by atoms with Crippen molar-refractivity contribution in [2.24, 2.45) is 0 Å². The summed E-state index contributed by atoms with van der Waals surface area (Å²) in [5, 5.41) is 10.2. The highest BCUT2D eigenvalue weighted by Gasteiger charge is 2.25. The van der Waals surface area contributed by atoms with Crippen molar-refractivity contribution in [3.05, 3.63) is 88.3 Å². The van der Waals surface area contributed by atoms with Gasteiger partial charge in [-0.1, -0.05) is 49.1 Å². The number of imidazole rings is 1. The van der Waals surface area contributed by atoms with Crippen LogP contribution in [0.2, 0.25) is 5.02 Å². The summed E-state index contributed by atoms with van der Waals surface area (Å²) in [4.78, 5) is 32.1. The predicted molar refractivity (Wildman–Crippen MR) is 182 cm³/mol. The zero-order valence-electron chi connectivity index (χ0n) is 24.6. The largest absolute Gasteiger partial charge is 0.489 e. The Kier molecular flexibility index (Phi) is 9.17. The van der Waals surface area contributed by atoms with Crippen LogP contribution in [0.3, 0.4) is 0 Å². The molecule has 7 rings (SSSR count). The molecule has 0 radical (unpaired) electrons. The SMILES string of the molecule is Cl.O=C(O)c1cc2nc(-c3ccc(OCc4cc(N5CCCC5=O)ccc4-c4ccc(Cl)cc4)cc3)n(C3CCCCC3)c2s1. The molecule has 0 atom stereocenters. The van der Waals surface area contributed by atoms with Crippen molar-refractivity contribution >= 4 is 63.3 Å². The molecule has 0 bridgehead atoms. The van der Waals surface area contributed by atoms with E-state index in [2.05, 4.69) is 16.7 Å². The topological polar surface area (TPSA) is 84.7 Å². The maximum Gasteiger partial charge on any atom is 0.346 e. The number of fused-ring (bicyclic) bond motifs is 1. The number of nitrogens with zero attached hydrogens (tertiary/aromatic N) is 3. The molecule has 1 N–H and O–H groups in total. The van der Waals surface area contributed by atoms with Crippen LogP contribution in [-0.4, -0.2) is 33.1 Å². The van der Waals surface area contributed by atoms with E-state index in [1.807, 2.05) is 59.5 Å². The van der Waals surface area contributed by atoms with Crippen molar-refractivity contribution in [2.45, 2.75) is 57.6 Å². The first kappa shape index (κ1) is 31.1. The maximum absolute atomic E-state index is 12.5. The number of aromatic nitrogens is 2. The Labute approximate surface area is 276 Å². The molecule has 0 unspecified atom stereocenters. The van der Waals surface area contributed by atoms with Gasteiger partial charge < -0.3 is 19.3 Å². The molecular weight excluding hydrogens is 629 g/mol. The van der Waals surface area contributed by atoms with Gasteiger partial charge in [0.05, 0.1) is 0 Å². The fourth-order valence-electron chi connectivity index (χ4n) is 6.44. The number of amides is 1. The third kappa shape index (κ3) is 6.32. The number of hydrogen-bond acceptors (Lipinski definition) is 5. The van der Waals surface area contributed by atoms with Gasteiger partial charge in [-0.25, -0.2) is 9.78 Å². The molecule has 5 aromatic rings. The molecule has 2 fully saturated rings. The van der Waals surface area contributed by atoms with Crippen LogP contribution >= 0.6 is 35.3 Å². The van der Waals surface area contributed by atoms with Crippen molar-refractivity contribution in [2.75, 3.05) is 11.4 Å². The predicted octanol–water partition coefficient (Wildman–Crippen LogP) is 9.42. The number of hydrogen-bond donors (Lipinski definition) is 1. The minimum Gasteiger partial charge on any atom is -0.489 e. The number of carboxylic acid groups (broad SMARTS) is 1. The van der Waals surface area contributed by atoms with Gasteiger partial charge in [-0.15, -0.1) is 23.7 Å². The van der Waals surface area contributed by atoms with Crippen molar-refractivity contribution in [1.82, 2.24) is 9.55 Å². The summed E-state index contributed by atoms with van der Waals surface area (Å²) in [6, 6.07) is 23.8. The highest BCUT2D eigenvalue weighted by molar-refractivity contribution is 7.20. The van der Waals surface area contributed by atoms with Crippen LogP contribution in [0.15, 0.2) is 72.8 Å². The van der Waals surface area contributed by atoms with Crippen molar-refractivity contribution in [1.29, 1.82) is 0 Å². The Morgan fingerprint density at radius 3 is 2.38 bits per heavy atom. The minimum absolute atomic E-state index is 0. The number of ether oxygens (including phenoxy) is 1. The Morgan fingerprint density at radius 1 is 0.956 bits per heavy atom. The molecule has 1 saturated heterocycles. The quantitative estimate of drug-likeness (QED) is 0.179. The Morgan fingerprint density at radius 2 is 1.69 bits per heavy atom. The number of benzene rings is 3. The van der Waals surface area contributed by atoms with Gasteiger partial charge in [0, 0.05) is 35.3 Å². The lowest BCUT2D eigenvalue weighted by atomic mass is 9.95. The summed E-state index contributed by atoms with van der Waals surface area (Å²) in [6.45, 7) is 1.06. The van der Waals surface area contributed by atoms with Crippen LogP contribution in [0.5, 0.6) is 5.75 Å². The van der Waals surface area contributed by atoms with E-state index in [0.717, 1.165) is 75.7 Å². The average Bonchev–Trinajstić information content (AvgIpc) is 3.76. The van der Waals surface area contributed by atoms with Gasteiger partial charge in [0.25, 0.3) is 0 Å². The number of rotatable bonds is 8. The fraction of sp³-hybridized carbons (Fsp3) is 0.286. The second-order valence-electron chi connectivity index (χ2n) is 11.5. The van der Waals surface area contributed by atoms with Crippen LogP contribution in [0.4, 0.5) is 5.69 Å². The molecule has 1 saturated carbocycles. The van der Waals surface area contributed by atoms with Crippen molar-refractivity contribution < 1.29 is 19.4 Å². The molecule has 2 aromatic heterocycles. The van der Waals surface area contributed by atoms with Crippen molar-refractivity contribution in [3.63, 3.8) is 0 Å². The number of anilines is 1. The van der Waals surface area contributed by atoms with Gasteiger partial charge in [0.15, 0.2) is 0 Å². The molecule has 0 spiro atoms. The lowest BCUT2D eigenvalue weighted by Gasteiger charge is -2.25. The molecule has 3 heterocycles. The normalized spacial score (nSPS) is 15.4. The number of carbonyl (C=O) groups is 2. The first-order chi connectivity index (χ1) is 21.4. The molecule has 10 heteroatoms. The summed E-state index contributed by atoms with van der Waals surface area (Å²) >= 11 is 7.46. The average molecular weight is 663 g/mol. The number of aromatic carboxylic acids is 1. The van der Waals surface area contributed by atoms with Crippen LogP contribution in [0.25, 0.3) is 32.9 Å². The molecule has 7 nitrogen and oxygen atoms in total. The molecule has 2 aliphatic rings. The molecule has 3 aromatic carbocycles. The van der Waals surface area contributed by atoms with E-state index in [1.165, 1.54) is 30.6 Å². The zero-order chi connectivity index (χ0) is 30.2. The Bertz CT molecular complexity index is 1840. The van der Waals surface area contributed by atoms with Gasteiger partial charge in [-0.2, -0.15) is 0 Å². The van der Waals surface area contributed by atoms with Crippen LogP contribution in [-0.2, 0) is 11.4 Å². The molecule has 1 amide bonds. The minimum atomic E-state index is -0.914. The van der Waals surface area contributed by atoms with E-state index < -0.39 is 5.97 Å². The van der Waals surface area contributed by atoms with E-state index in [-0.39, 0.29) is 18.3 Å². The van der Waals surface area contributed by atoms with E-state index in [0.29, 0.717) is 29.0 Å². The zero-order valence-corrected chi connectivity index (χ0v) is 27.0. The van der Waals surface area contributed by atoms with Crippen LogP contribution in [0.1, 0.15) is 66.2 Å².